The summed E-state index contributed by atoms with van der Waals surface area (Å²) in [5.74, 6) is -1.40. The molecule has 0 bridgehead atoms. The van der Waals surface area contributed by atoms with E-state index in [2.05, 4.69) is 4.98 Å². The number of rotatable bonds is 6. The Hall–Kier alpha value is -3.41. The number of benzene rings is 2. The standard InChI is InChI=1S/C25H26N2O4/c1-15-23(20-11-7-8-12-21(20)26-15)24(29)17(3)31-25(30)19-13-22(28)27(14-19)16(2)18-9-5-4-6-10-18/h4-12,16-17,19,26H,13-14H2,1-3H3/t16-,17+,19+/m0/s1. The maximum atomic E-state index is 13.0. The molecule has 1 fully saturated rings. The first-order chi connectivity index (χ1) is 14.9. The summed E-state index contributed by atoms with van der Waals surface area (Å²) in [6.07, 6.45) is -0.829. The van der Waals surface area contributed by atoms with E-state index < -0.39 is 18.0 Å². The highest BCUT2D eigenvalue weighted by Gasteiger charge is 2.39. The van der Waals surface area contributed by atoms with Gasteiger partial charge in [-0.15, -0.1) is 0 Å². The van der Waals surface area contributed by atoms with Crippen LogP contribution in [0.15, 0.2) is 54.6 Å². The van der Waals surface area contributed by atoms with Gasteiger partial charge in [0, 0.05) is 35.1 Å². The summed E-state index contributed by atoms with van der Waals surface area (Å²) >= 11 is 0. The molecular weight excluding hydrogens is 392 g/mol. The third-order valence-electron chi connectivity index (χ3n) is 6.04. The summed E-state index contributed by atoms with van der Waals surface area (Å²) in [5, 5.41) is 0.812. The average molecular weight is 418 g/mol. The van der Waals surface area contributed by atoms with E-state index >= 15 is 0 Å². The topological polar surface area (TPSA) is 79.5 Å². The summed E-state index contributed by atoms with van der Waals surface area (Å²) in [7, 11) is 0. The van der Waals surface area contributed by atoms with Crippen LogP contribution in [0.5, 0.6) is 0 Å². The summed E-state index contributed by atoms with van der Waals surface area (Å²) in [6, 6.07) is 17.1. The lowest BCUT2D eigenvalue weighted by Gasteiger charge is -2.25. The molecule has 1 aromatic heterocycles. The van der Waals surface area contributed by atoms with Crippen LogP contribution in [-0.2, 0) is 14.3 Å². The highest BCUT2D eigenvalue weighted by Crippen LogP contribution is 2.30. The Labute approximate surface area is 181 Å². The number of nitrogens with one attached hydrogen (secondary N) is 1. The van der Waals surface area contributed by atoms with Gasteiger partial charge < -0.3 is 14.6 Å². The Balaban J connectivity index is 1.44. The number of aromatic nitrogens is 1. The maximum Gasteiger partial charge on any atom is 0.311 e. The molecule has 3 atom stereocenters. The van der Waals surface area contributed by atoms with Crippen molar-refractivity contribution in [3.8, 4) is 0 Å². The van der Waals surface area contributed by atoms with Crippen LogP contribution < -0.4 is 0 Å². The zero-order valence-corrected chi connectivity index (χ0v) is 17.9. The number of carbonyl (C=O) groups is 3. The first-order valence-corrected chi connectivity index (χ1v) is 10.5. The van der Waals surface area contributed by atoms with Crippen LogP contribution in [0.3, 0.4) is 0 Å². The van der Waals surface area contributed by atoms with Gasteiger partial charge in [0.1, 0.15) is 0 Å². The molecule has 6 nitrogen and oxygen atoms in total. The minimum Gasteiger partial charge on any atom is -0.454 e. The number of nitrogens with zero attached hydrogens (tertiary/aromatic N) is 1. The van der Waals surface area contributed by atoms with Crippen LogP contribution in [-0.4, -0.2) is 40.2 Å². The first kappa shape index (κ1) is 20.8. The Morgan fingerprint density at radius 2 is 1.74 bits per heavy atom. The van der Waals surface area contributed by atoms with E-state index in [9.17, 15) is 14.4 Å². The van der Waals surface area contributed by atoms with Crippen LogP contribution in [0.2, 0.25) is 0 Å². The fourth-order valence-corrected chi connectivity index (χ4v) is 4.30. The van der Waals surface area contributed by atoms with E-state index in [0.717, 1.165) is 22.2 Å². The van der Waals surface area contributed by atoms with E-state index in [-0.39, 0.29) is 24.2 Å². The number of likely N-dealkylation sites (tertiary alicyclic amines) is 1. The van der Waals surface area contributed by atoms with Gasteiger partial charge in [-0.3, -0.25) is 14.4 Å². The molecular formula is C25H26N2O4. The zero-order chi connectivity index (χ0) is 22.1. The van der Waals surface area contributed by atoms with Crippen molar-refractivity contribution in [1.29, 1.82) is 0 Å². The minimum atomic E-state index is -0.930. The molecule has 160 valence electrons. The van der Waals surface area contributed by atoms with Crippen LogP contribution in [0.25, 0.3) is 10.9 Å². The second kappa shape index (κ2) is 8.38. The van der Waals surface area contributed by atoms with Gasteiger partial charge in [0.2, 0.25) is 11.7 Å². The zero-order valence-electron chi connectivity index (χ0n) is 17.9. The molecule has 1 amide bonds. The smallest absolute Gasteiger partial charge is 0.311 e. The number of fused-ring (bicyclic) bond motifs is 1. The van der Waals surface area contributed by atoms with E-state index in [1.54, 1.807) is 11.8 Å². The Morgan fingerprint density at radius 1 is 1.06 bits per heavy atom. The van der Waals surface area contributed by atoms with Crippen molar-refractivity contribution < 1.29 is 19.1 Å². The molecule has 6 heteroatoms. The van der Waals surface area contributed by atoms with Gasteiger partial charge in [-0.2, -0.15) is 0 Å². The molecule has 2 heterocycles. The van der Waals surface area contributed by atoms with Crippen LogP contribution in [0, 0.1) is 12.8 Å². The van der Waals surface area contributed by atoms with Crippen molar-refractivity contribution in [2.75, 3.05) is 6.54 Å². The van der Waals surface area contributed by atoms with Crippen molar-refractivity contribution >= 4 is 28.6 Å². The lowest BCUT2D eigenvalue weighted by atomic mass is 10.0. The number of ketones is 1. The van der Waals surface area contributed by atoms with Gasteiger partial charge in [-0.05, 0) is 32.4 Å². The van der Waals surface area contributed by atoms with E-state index in [0.29, 0.717) is 12.1 Å². The SMILES string of the molecule is Cc1[nH]c2ccccc2c1C(=O)[C@@H](C)OC(=O)[C@@H]1CC(=O)N([C@@H](C)c2ccccc2)C1. The number of esters is 1. The maximum absolute atomic E-state index is 13.0. The summed E-state index contributed by atoms with van der Waals surface area (Å²) in [4.78, 5) is 43.3. The van der Waals surface area contributed by atoms with Crippen molar-refractivity contribution in [2.45, 2.75) is 39.3 Å². The molecule has 1 aliphatic heterocycles. The molecule has 1 N–H and O–H groups in total. The van der Waals surface area contributed by atoms with Gasteiger partial charge in [0.25, 0.3) is 0 Å². The van der Waals surface area contributed by atoms with E-state index in [1.807, 2.05) is 68.4 Å². The van der Waals surface area contributed by atoms with Crippen LogP contribution in [0.1, 0.15) is 47.9 Å². The Bertz CT molecular complexity index is 1130. The minimum absolute atomic E-state index is 0.0789. The second-order valence-corrected chi connectivity index (χ2v) is 8.15. The van der Waals surface area contributed by atoms with Crippen molar-refractivity contribution in [3.63, 3.8) is 0 Å². The average Bonchev–Trinajstić information content (AvgIpc) is 3.32. The number of carbonyl (C=O) groups excluding carboxylic acids is 3. The Kier molecular flexibility index (Phi) is 5.63. The number of hydrogen-bond donors (Lipinski definition) is 1. The highest BCUT2D eigenvalue weighted by molar-refractivity contribution is 6.11. The number of amides is 1. The summed E-state index contributed by atoms with van der Waals surface area (Å²) in [6.45, 7) is 5.66. The Morgan fingerprint density at radius 3 is 2.48 bits per heavy atom. The molecule has 4 rings (SSSR count). The molecule has 0 unspecified atom stereocenters. The number of ether oxygens (including phenoxy) is 1. The summed E-state index contributed by atoms with van der Waals surface area (Å²) < 4.78 is 5.52. The second-order valence-electron chi connectivity index (χ2n) is 8.15. The van der Waals surface area contributed by atoms with Gasteiger partial charge in [0.15, 0.2) is 6.10 Å². The third kappa shape index (κ3) is 3.98. The molecule has 2 aromatic carbocycles. The number of para-hydroxylation sites is 1. The molecule has 1 aliphatic rings. The fraction of sp³-hybridized carbons (Fsp3) is 0.320. The lowest BCUT2D eigenvalue weighted by molar-refractivity contribution is -0.151. The predicted octanol–water partition coefficient (Wildman–Crippen LogP) is 4.20. The van der Waals surface area contributed by atoms with Gasteiger partial charge in [0.05, 0.1) is 12.0 Å². The lowest BCUT2D eigenvalue weighted by Crippen LogP contribution is -2.31. The molecule has 1 saturated heterocycles. The quantitative estimate of drug-likeness (QED) is 0.481. The number of aromatic amines is 1. The van der Waals surface area contributed by atoms with Gasteiger partial charge in [-0.25, -0.2) is 0 Å². The molecule has 0 radical (unpaired) electrons. The number of hydrogen-bond acceptors (Lipinski definition) is 4. The number of aryl methyl sites for hydroxylation is 1. The fourth-order valence-electron chi connectivity index (χ4n) is 4.30. The summed E-state index contributed by atoms with van der Waals surface area (Å²) in [5.41, 5.74) is 3.17. The van der Waals surface area contributed by atoms with E-state index in [4.69, 9.17) is 4.74 Å². The molecule has 3 aromatic rings. The van der Waals surface area contributed by atoms with Gasteiger partial charge >= 0.3 is 5.97 Å². The highest BCUT2D eigenvalue weighted by atomic mass is 16.5. The number of Topliss-reactive ketones (excluding diaryl/α,β-unsaturated/α-hetero) is 1. The normalized spacial score (nSPS) is 18.2. The number of H-pyrrole nitrogens is 1. The van der Waals surface area contributed by atoms with Gasteiger partial charge in [-0.1, -0.05) is 48.5 Å². The van der Waals surface area contributed by atoms with Crippen LogP contribution in [0.4, 0.5) is 0 Å². The molecule has 31 heavy (non-hydrogen) atoms. The molecule has 0 spiro atoms. The first-order valence-electron chi connectivity index (χ1n) is 10.5. The third-order valence-corrected chi connectivity index (χ3v) is 6.04. The molecule has 0 saturated carbocycles. The predicted molar refractivity (Wildman–Crippen MR) is 118 cm³/mol. The monoisotopic (exact) mass is 418 g/mol. The molecule has 0 aliphatic carbocycles. The largest absolute Gasteiger partial charge is 0.454 e. The van der Waals surface area contributed by atoms with Crippen molar-refractivity contribution in [3.05, 3.63) is 71.4 Å². The van der Waals surface area contributed by atoms with Crippen LogP contribution >= 0.6 is 0 Å². The van der Waals surface area contributed by atoms with E-state index in [1.165, 1.54) is 0 Å². The van der Waals surface area contributed by atoms with Crippen molar-refractivity contribution in [2.24, 2.45) is 5.92 Å². The van der Waals surface area contributed by atoms with Crippen molar-refractivity contribution in [1.82, 2.24) is 9.88 Å².